The molecule has 128 valence electrons. The maximum absolute atomic E-state index is 12.8. The van der Waals surface area contributed by atoms with Crippen LogP contribution in [0.1, 0.15) is 29.1 Å². The van der Waals surface area contributed by atoms with Gasteiger partial charge in [0.1, 0.15) is 5.82 Å². The maximum atomic E-state index is 12.8. The second-order valence-electron chi connectivity index (χ2n) is 5.95. The Morgan fingerprint density at radius 1 is 1.20 bits per heavy atom. The van der Waals surface area contributed by atoms with Gasteiger partial charge in [-0.05, 0) is 37.3 Å². The lowest BCUT2D eigenvalue weighted by molar-refractivity contribution is 0.0734. The molecule has 0 radical (unpaired) electrons. The van der Waals surface area contributed by atoms with E-state index in [4.69, 9.17) is 0 Å². The molecule has 6 heteroatoms. The Bertz CT molecular complexity index is 1010. The molecule has 0 bridgehead atoms. The summed E-state index contributed by atoms with van der Waals surface area (Å²) in [5.41, 5.74) is 1.10. The van der Waals surface area contributed by atoms with Crippen LogP contribution in [0.2, 0.25) is 0 Å². The van der Waals surface area contributed by atoms with Gasteiger partial charge < -0.3 is 4.90 Å². The second kappa shape index (κ2) is 6.80. The molecule has 0 aliphatic carbocycles. The van der Waals surface area contributed by atoms with Crippen molar-refractivity contribution in [3.63, 3.8) is 0 Å². The molecular weight excluding hydrogens is 382 g/mol. The minimum atomic E-state index is -0.353. The summed E-state index contributed by atoms with van der Waals surface area (Å²) < 4.78 is 2.35. The van der Waals surface area contributed by atoms with Crippen molar-refractivity contribution in [1.29, 1.82) is 0 Å². The number of halogens is 1. The number of hydrogen-bond donors (Lipinski definition) is 0. The predicted octanol–water partition coefficient (Wildman–Crippen LogP) is 3.53. The molecule has 0 aliphatic heterocycles. The van der Waals surface area contributed by atoms with Crippen LogP contribution >= 0.6 is 15.9 Å². The molecule has 1 unspecified atom stereocenters. The van der Waals surface area contributed by atoms with Gasteiger partial charge in [-0.1, -0.05) is 34.1 Å². The highest BCUT2D eigenvalue weighted by Crippen LogP contribution is 2.21. The van der Waals surface area contributed by atoms with Crippen LogP contribution in [0.4, 0.5) is 0 Å². The van der Waals surface area contributed by atoms with Crippen LogP contribution in [0.25, 0.3) is 10.9 Å². The van der Waals surface area contributed by atoms with E-state index in [1.165, 1.54) is 4.57 Å². The van der Waals surface area contributed by atoms with Crippen molar-refractivity contribution in [3.05, 3.63) is 74.7 Å². The highest BCUT2D eigenvalue weighted by molar-refractivity contribution is 9.10. The van der Waals surface area contributed by atoms with Crippen molar-refractivity contribution in [3.8, 4) is 0 Å². The average Bonchev–Trinajstić information content (AvgIpc) is 2.63. The van der Waals surface area contributed by atoms with E-state index >= 15 is 0 Å². The number of carbonyl (C=O) groups excluding carboxylic acids is 1. The first-order chi connectivity index (χ1) is 11.9. The molecule has 0 aliphatic rings. The molecule has 1 atom stereocenters. The predicted molar refractivity (Wildman–Crippen MR) is 102 cm³/mol. The quantitative estimate of drug-likeness (QED) is 0.676. The molecule has 0 fully saturated rings. The van der Waals surface area contributed by atoms with Gasteiger partial charge in [0.15, 0.2) is 0 Å². The van der Waals surface area contributed by atoms with Crippen molar-refractivity contribution >= 4 is 32.7 Å². The lowest BCUT2D eigenvalue weighted by Crippen LogP contribution is -2.34. The number of rotatable bonds is 3. The van der Waals surface area contributed by atoms with Crippen molar-refractivity contribution in [2.75, 3.05) is 7.05 Å². The maximum Gasteiger partial charge on any atom is 0.261 e. The Labute approximate surface area is 154 Å². The monoisotopic (exact) mass is 399 g/mol. The minimum Gasteiger partial charge on any atom is -0.332 e. The number of fused-ring (bicyclic) bond motifs is 1. The molecule has 0 saturated heterocycles. The number of benzene rings is 2. The zero-order valence-electron chi connectivity index (χ0n) is 14.2. The van der Waals surface area contributed by atoms with E-state index in [9.17, 15) is 9.59 Å². The number of para-hydroxylation sites is 1. The van der Waals surface area contributed by atoms with E-state index < -0.39 is 0 Å². The van der Waals surface area contributed by atoms with E-state index in [-0.39, 0.29) is 17.5 Å². The van der Waals surface area contributed by atoms with Crippen molar-refractivity contribution in [2.45, 2.75) is 13.0 Å². The summed E-state index contributed by atoms with van der Waals surface area (Å²) >= 11 is 3.38. The van der Waals surface area contributed by atoms with Crippen LogP contribution < -0.4 is 5.56 Å². The number of nitrogens with zero attached hydrogens (tertiary/aromatic N) is 3. The summed E-state index contributed by atoms with van der Waals surface area (Å²) in [7, 11) is 3.40. The first kappa shape index (κ1) is 17.4. The van der Waals surface area contributed by atoms with Gasteiger partial charge in [0.25, 0.3) is 11.5 Å². The molecule has 25 heavy (non-hydrogen) atoms. The Morgan fingerprint density at radius 3 is 2.64 bits per heavy atom. The third-order valence-electron chi connectivity index (χ3n) is 4.36. The summed E-state index contributed by atoms with van der Waals surface area (Å²) in [5.74, 6) is 0.422. The van der Waals surface area contributed by atoms with Crippen molar-refractivity contribution < 1.29 is 4.79 Å². The number of amides is 1. The standard InChI is InChI=1S/C19H18BrN3O2/c1-12(22(2)18(24)13-7-6-8-14(20)11-13)17-21-16-10-5-4-9-15(16)19(25)23(17)3/h4-12H,1-3H3. The number of hydrogen-bond acceptors (Lipinski definition) is 3. The molecular formula is C19H18BrN3O2. The number of carbonyl (C=O) groups is 1. The number of aromatic nitrogens is 2. The van der Waals surface area contributed by atoms with Gasteiger partial charge in [-0.2, -0.15) is 0 Å². The van der Waals surface area contributed by atoms with Gasteiger partial charge in [0, 0.05) is 24.1 Å². The van der Waals surface area contributed by atoms with Gasteiger partial charge in [0.2, 0.25) is 0 Å². The van der Waals surface area contributed by atoms with Crippen LogP contribution in [-0.4, -0.2) is 27.4 Å². The summed E-state index contributed by atoms with van der Waals surface area (Å²) in [4.78, 5) is 31.5. The molecule has 3 aromatic rings. The van der Waals surface area contributed by atoms with E-state index in [1.54, 1.807) is 37.2 Å². The van der Waals surface area contributed by atoms with Crippen molar-refractivity contribution in [1.82, 2.24) is 14.5 Å². The molecule has 2 aromatic carbocycles. The molecule has 0 saturated carbocycles. The largest absolute Gasteiger partial charge is 0.332 e. The Kier molecular flexibility index (Phi) is 4.72. The molecule has 0 N–H and O–H groups in total. The fourth-order valence-corrected chi connectivity index (χ4v) is 3.18. The highest BCUT2D eigenvalue weighted by atomic mass is 79.9. The zero-order chi connectivity index (χ0) is 18.1. The SMILES string of the molecule is CC(c1nc2ccccc2c(=O)n1C)N(C)C(=O)c1cccc(Br)c1. The summed E-state index contributed by atoms with van der Waals surface area (Å²) in [6, 6.07) is 14.1. The average molecular weight is 400 g/mol. The topological polar surface area (TPSA) is 55.2 Å². The van der Waals surface area contributed by atoms with Crippen LogP contribution in [0.3, 0.4) is 0 Å². The molecule has 3 rings (SSSR count). The highest BCUT2D eigenvalue weighted by Gasteiger charge is 2.23. The van der Waals surface area contributed by atoms with Gasteiger partial charge in [0.05, 0.1) is 16.9 Å². The third-order valence-corrected chi connectivity index (χ3v) is 4.86. The lowest BCUT2D eigenvalue weighted by atomic mass is 10.1. The molecule has 1 heterocycles. The van der Waals surface area contributed by atoms with Gasteiger partial charge in [-0.15, -0.1) is 0 Å². The summed E-state index contributed by atoms with van der Waals surface area (Å²) in [6.45, 7) is 1.87. The third kappa shape index (κ3) is 3.22. The van der Waals surface area contributed by atoms with Gasteiger partial charge in [-0.25, -0.2) is 4.98 Å². The fraction of sp³-hybridized carbons (Fsp3) is 0.211. The van der Waals surface area contributed by atoms with Gasteiger partial charge >= 0.3 is 0 Å². The van der Waals surface area contributed by atoms with E-state index in [1.807, 2.05) is 37.3 Å². The van der Waals surface area contributed by atoms with E-state index in [0.29, 0.717) is 22.3 Å². The fourth-order valence-electron chi connectivity index (χ4n) is 2.78. The van der Waals surface area contributed by atoms with Crippen LogP contribution in [0.5, 0.6) is 0 Å². The van der Waals surface area contributed by atoms with E-state index in [0.717, 1.165) is 4.47 Å². The van der Waals surface area contributed by atoms with Crippen LogP contribution in [0, 0.1) is 0 Å². The Morgan fingerprint density at radius 2 is 1.92 bits per heavy atom. The molecule has 1 amide bonds. The Hall–Kier alpha value is -2.47. The Balaban J connectivity index is 2.01. The van der Waals surface area contributed by atoms with Crippen molar-refractivity contribution in [2.24, 2.45) is 7.05 Å². The van der Waals surface area contributed by atoms with E-state index in [2.05, 4.69) is 20.9 Å². The van der Waals surface area contributed by atoms with Crippen LogP contribution in [-0.2, 0) is 7.05 Å². The van der Waals surface area contributed by atoms with Crippen LogP contribution in [0.15, 0.2) is 57.8 Å². The minimum absolute atomic E-state index is 0.115. The first-order valence-corrected chi connectivity index (χ1v) is 8.68. The van der Waals surface area contributed by atoms with Gasteiger partial charge in [-0.3, -0.25) is 14.2 Å². The normalized spacial score (nSPS) is 12.2. The second-order valence-corrected chi connectivity index (χ2v) is 6.87. The lowest BCUT2D eigenvalue weighted by Gasteiger charge is -2.26. The summed E-state index contributed by atoms with van der Waals surface area (Å²) in [5, 5.41) is 0.571. The molecule has 1 aromatic heterocycles. The first-order valence-electron chi connectivity index (χ1n) is 7.88. The summed E-state index contributed by atoms with van der Waals surface area (Å²) in [6.07, 6.45) is 0. The smallest absolute Gasteiger partial charge is 0.261 e. The molecule has 5 nitrogen and oxygen atoms in total. The molecule has 0 spiro atoms. The zero-order valence-corrected chi connectivity index (χ0v) is 15.8.